The molecule has 0 saturated heterocycles. The van der Waals surface area contributed by atoms with E-state index < -0.39 is 10.4 Å². The van der Waals surface area contributed by atoms with Crippen LogP contribution in [-0.2, 0) is 10.4 Å². The van der Waals surface area contributed by atoms with Crippen LogP contribution in [0.4, 0.5) is 0 Å². The summed E-state index contributed by atoms with van der Waals surface area (Å²) in [7, 11) is 2.14. The van der Waals surface area contributed by atoms with Crippen LogP contribution in [0.5, 0.6) is 0 Å². The molecule has 0 fully saturated rings. The molecule has 0 aromatic heterocycles. The third-order valence-electron chi connectivity index (χ3n) is 0.616. The second-order valence-electron chi connectivity index (χ2n) is 4.20. The highest BCUT2D eigenvalue weighted by Gasteiger charge is 2.01. The fourth-order valence-electron chi connectivity index (χ4n) is 0. The van der Waals surface area contributed by atoms with Crippen molar-refractivity contribution < 1.29 is 26.7 Å². The van der Waals surface area contributed by atoms with Crippen LogP contribution in [0.2, 0.25) is 0 Å². The lowest BCUT2D eigenvalue weighted by molar-refractivity contribution is -0.891. The molecule has 17 heavy (non-hydrogen) atoms. The summed E-state index contributed by atoms with van der Waals surface area (Å²) in [5.74, 6) is 10.7. The third-order valence-corrected chi connectivity index (χ3v) is 1.85. The molecule has 0 atom stereocenters. The van der Waals surface area contributed by atoms with Crippen molar-refractivity contribution in [2.24, 2.45) is 11.7 Å². The van der Waals surface area contributed by atoms with Crippen molar-refractivity contribution in [1.29, 1.82) is 0 Å². The molecule has 0 aliphatic heterocycles. The molecule has 0 aromatic carbocycles. The van der Waals surface area contributed by atoms with Gasteiger partial charge in [-0.2, -0.15) is 11.7 Å². The summed E-state index contributed by atoms with van der Waals surface area (Å²) in [5.41, 5.74) is 0. The first kappa shape index (κ1) is 22.5. The van der Waals surface area contributed by atoms with Crippen molar-refractivity contribution >= 4 is 33.6 Å². The molecule has 108 valence electrons. The molecule has 0 spiro atoms. The topological polar surface area (TPSA) is 132 Å². The summed E-state index contributed by atoms with van der Waals surface area (Å²) in [5, 5.41) is 0. The van der Waals surface area contributed by atoms with Gasteiger partial charge in [-0.1, -0.05) is 23.2 Å². The fourth-order valence-corrected chi connectivity index (χ4v) is 0. The maximum atomic E-state index is 8.52. The Morgan fingerprint density at radius 3 is 1.00 bits per heavy atom. The molecule has 0 radical (unpaired) electrons. The number of alkyl halides is 2. The van der Waals surface area contributed by atoms with Gasteiger partial charge < -0.3 is 9.11 Å². The molecule has 0 rings (SSSR count). The zero-order valence-electron chi connectivity index (χ0n) is 10.3. The molecule has 4 N–H and O–H groups in total. The summed E-state index contributed by atoms with van der Waals surface area (Å²) < 4.78 is 34.8. The monoisotopic (exact) mass is 314 g/mol. The van der Waals surface area contributed by atoms with E-state index in [0.717, 1.165) is 0 Å². The van der Waals surface area contributed by atoms with Crippen LogP contribution in [0.1, 0.15) is 0 Å². The van der Waals surface area contributed by atoms with Crippen LogP contribution in [0.25, 0.3) is 0 Å². The number of halogens is 2. The van der Waals surface area contributed by atoms with Gasteiger partial charge in [0.1, 0.15) is 0 Å². The van der Waals surface area contributed by atoms with Crippen molar-refractivity contribution in [2.75, 3.05) is 40.2 Å². The Labute approximate surface area is 112 Å². The number of hydrogen-bond donors (Lipinski definition) is 2. The number of hydrogen-bond acceptors (Lipinski definition) is 6. The average Bonchev–Trinajstić information content (AvgIpc) is 2.00. The minimum atomic E-state index is -5.17. The van der Waals surface area contributed by atoms with Gasteiger partial charge >= 0.3 is 0 Å². The zero-order valence-corrected chi connectivity index (χ0v) is 12.6. The highest BCUT2D eigenvalue weighted by atomic mass is 35.5. The van der Waals surface area contributed by atoms with E-state index in [0.29, 0.717) is 21.2 Å². The van der Waals surface area contributed by atoms with Crippen LogP contribution in [0, 0.1) is 0 Å². The molecular formula is C6H20Cl2N4O4S. The number of quaternary nitrogens is 2. The predicted molar refractivity (Wildman–Crippen MR) is 64.5 cm³/mol. The number of nitrogens with two attached hydrogens (primary N) is 2. The van der Waals surface area contributed by atoms with Crippen molar-refractivity contribution in [3.63, 3.8) is 0 Å². The molecule has 0 aromatic rings. The first-order valence-electron chi connectivity index (χ1n) is 4.14. The van der Waals surface area contributed by atoms with Crippen molar-refractivity contribution in [3.05, 3.63) is 0 Å². The normalized spacial score (nSPS) is 11.9. The van der Waals surface area contributed by atoms with Gasteiger partial charge in [-0.3, -0.25) is 8.42 Å². The maximum Gasteiger partial charge on any atom is 0.171 e. The van der Waals surface area contributed by atoms with E-state index in [4.69, 9.17) is 52.4 Å². The van der Waals surface area contributed by atoms with Crippen molar-refractivity contribution in [3.8, 4) is 0 Å². The average molecular weight is 315 g/mol. The van der Waals surface area contributed by atoms with E-state index in [-0.39, 0.29) is 0 Å². The summed E-state index contributed by atoms with van der Waals surface area (Å²) in [6.45, 7) is 0. The smallest absolute Gasteiger partial charge is 0.171 e. The largest absolute Gasteiger partial charge is 0.759 e. The van der Waals surface area contributed by atoms with Crippen molar-refractivity contribution in [1.82, 2.24) is 0 Å². The van der Waals surface area contributed by atoms with E-state index in [1.165, 1.54) is 0 Å². The molecule has 0 saturated carbocycles. The fraction of sp³-hybridized carbons (Fsp3) is 1.00. The van der Waals surface area contributed by atoms with Gasteiger partial charge in [-0.25, -0.2) is 9.18 Å². The van der Waals surface area contributed by atoms with Crippen LogP contribution in [-0.4, -0.2) is 66.9 Å². The van der Waals surface area contributed by atoms with Crippen LogP contribution in [0.15, 0.2) is 0 Å². The molecule has 0 aliphatic carbocycles. The van der Waals surface area contributed by atoms with Gasteiger partial charge in [0.2, 0.25) is 0 Å². The van der Waals surface area contributed by atoms with Gasteiger partial charge in [-0.05, 0) is 0 Å². The summed E-state index contributed by atoms with van der Waals surface area (Å²) in [6, 6.07) is 0.917. The summed E-state index contributed by atoms with van der Waals surface area (Å²) in [6.07, 6.45) is 0. The first-order valence-corrected chi connectivity index (χ1v) is 6.54. The second kappa shape index (κ2) is 9.25. The quantitative estimate of drug-likeness (QED) is 0.127. The lowest BCUT2D eigenvalue weighted by atomic mass is 10.9. The number of nitrogens with zero attached hydrogens (tertiary/aromatic N) is 2. The molecule has 0 bridgehead atoms. The molecule has 0 unspecified atom stereocenters. The van der Waals surface area contributed by atoms with E-state index >= 15 is 0 Å². The van der Waals surface area contributed by atoms with Crippen LogP contribution >= 0.6 is 23.2 Å². The minimum absolute atomic E-state index is 0.335. The molecule has 0 aliphatic rings. The van der Waals surface area contributed by atoms with Gasteiger partial charge in [0.25, 0.3) is 0 Å². The molecule has 11 heteroatoms. The minimum Gasteiger partial charge on any atom is -0.759 e. The Bertz CT molecular complexity index is 251. The Kier molecular flexibility index (Phi) is 12.2. The van der Waals surface area contributed by atoms with E-state index in [1.807, 2.05) is 28.2 Å². The maximum absolute atomic E-state index is 8.52. The molecule has 0 heterocycles. The molecule has 8 nitrogen and oxygen atoms in total. The van der Waals surface area contributed by atoms with Crippen LogP contribution in [0.3, 0.4) is 0 Å². The Morgan fingerprint density at radius 2 is 1.00 bits per heavy atom. The predicted octanol–water partition coefficient (Wildman–Crippen LogP) is -1.07. The third kappa shape index (κ3) is 84.1. The first-order chi connectivity index (χ1) is 7.12. The number of rotatable bonds is 2. The summed E-state index contributed by atoms with van der Waals surface area (Å²) in [4.78, 5) is 0. The lowest BCUT2D eigenvalue weighted by Crippen LogP contribution is -2.45. The molecular weight excluding hydrogens is 295 g/mol. The Morgan fingerprint density at radius 1 is 0.941 bits per heavy atom. The van der Waals surface area contributed by atoms with Gasteiger partial charge in [-0.15, -0.1) is 0 Å². The standard InChI is InChI=1S/2C3H10ClN2.H2O4S/c2*1-6(2,5)3-4;1-5(2,3)4/h2*3,5H2,1-2H3;(H2,1,2,3,4)/q2*+1;/p-2. The SMILES string of the molecule is C[N+](C)(N)CCl.C[N+](C)(N)CCl.O=S(=O)([O-])[O-]. The van der Waals surface area contributed by atoms with Crippen LogP contribution < -0.4 is 11.7 Å². The lowest BCUT2D eigenvalue weighted by Gasteiger charge is -2.17. The van der Waals surface area contributed by atoms with E-state index in [2.05, 4.69) is 0 Å². The van der Waals surface area contributed by atoms with Crippen molar-refractivity contribution in [2.45, 2.75) is 0 Å². The Balaban J connectivity index is -0.000000174. The summed E-state index contributed by atoms with van der Waals surface area (Å²) >= 11 is 10.6. The second-order valence-corrected chi connectivity index (χ2v) is 5.50. The Hall–Kier alpha value is 0.290. The highest BCUT2D eigenvalue weighted by molar-refractivity contribution is 7.79. The van der Waals surface area contributed by atoms with Gasteiger partial charge in [0, 0.05) is 10.4 Å². The highest BCUT2D eigenvalue weighted by Crippen LogP contribution is 1.85. The van der Waals surface area contributed by atoms with Gasteiger partial charge in [0.15, 0.2) is 12.0 Å². The zero-order chi connectivity index (χ0) is 14.9. The van der Waals surface area contributed by atoms with E-state index in [1.54, 1.807) is 0 Å². The van der Waals surface area contributed by atoms with E-state index in [9.17, 15) is 0 Å². The molecule has 0 amide bonds. The van der Waals surface area contributed by atoms with Gasteiger partial charge in [0.05, 0.1) is 28.2 Å².